The van der Waals surface area contributed by atoms with E-state index in [1.54, 1.807) is 0 Å². The number of benzene rings is 1. The molecule has 0 heteroatoms. The average Bonchev–Trinajstić information content (AvgIpc) is 2.79. The van der Waals surface area contributed by atoms with Gasteiger partial charge in [-0.3, -0.25) is 0 Å². The zero-order valence-electron chi connectivity index (χ0n) is 8.03. The fraction of sp³-hybridized carbons (Fsp3) is 0.143. The summed E-state index contributed by atoms with van der Waals surface area (Å²) < 4.78 is 0. The van der Waals surface area contributed by atoms with Crippen LogP contribution in [0, 0.1) is 0 Å². The van der Waals surface area contributed by atoms with Crippen LogP contribution in [-0.4, -0.2) is 0 Å². The van der Waals surface area contributed by atoms with Crippen molar-refractivity contribution >= 4 is 5.57 Å². The highest BCUT2D eigenvalue weighted by Crippen LogP contribution is 2.40. The van der Waals surface area contributed by atoms with Crippen molar-refractivity contribution in [1.29, 1.82) is 0 Å². The van der Waals surface area contributed by atoms with Gasteiger partial charge in [0.2, 0.25) is 0 Å². The molecule has 1 aromatic rings. The van der Waals surface area contributed by atoms with Gasteiger partial charge in [-0.25, -0.2) is 0 Å². The summed E-state index contributed by atoms with van der Waals surface area (Å²) in [5.41, 5.74) is 5.89. The Balaban J connectivity index is 2.13. The van der Waals surface area contributed by atoms with E-state index >= 15 is 0 Å². The Hall–Kier alpha value is -1.56. The van der Waals surface area contributed by atoms with E-state index in [9.17, 15) is 0 Å². The van der Waals surface area contributed by atoms with Gasteiger partial charge in [0.1, 0.15) is 0 Å². The fourth-order valence-electron chi connectivity index (χ4n) is 2.30. The topological polar surface area (TPSA) is 0 Å². The minimum Gasteiger partial charge on any atom is -0.0622 e. The molecule has 2 aliphatic carbocycles. The molecule has 1 aromatic carbocycles. The molecule has 0 nitrogen and oxygen atoms in total. The van der Waals surface area contributed by atoms with E-state index in [-0.39, 0.29) is 0 Å². The molecule has 0 fully saturated rings. The molecule has 0 saturated carbocycles. The summed E-state index contributed by atoms with van der Waals surface area (Å²) in [6.45, 7) is 0. The highest BCUT2D eigenvalue weighted by Gasteiger charge is 2.20. The third-order valence-electron chi connectivity index (χ3n) is 3.00. The highest BCUT2D eigenvalue weighted by molar-refractivity contribution is 5.80. The van der Waals surface area contributed by atoms with E-state index < -0.39 is 0 Å². The largest absolute Gasteiger partial charge is 0.0622 e. The second-order valence-corrected chi connectivity index (χ2v) is 3.81. The molecule has 14 heavy (non-hydrogen) atoms. The molecule has 3 rings (SSSR count). The molecule has 68 valence electrons. The lowest BCUT2D eigenvalue weighted by Crippen LogP contribution is -1.81. The van der Waals surface area contributed by atoms with Crippen molar-refractivity contribution in [2.24, 2.45) is 0 Å². The standard InChI is InChI=1S/C14H12/c1-2-5-11(6-3-1)14-10-9-12-7-4-8-13(12)14/h1-8H,9-10H2. The van der Waals surface area contributed by atoms with Crippen LogP contribution in [0.4, 0.5) is 0 Å². The molecule has 0 radical (unpaired) electrons. The Bertz CT molecular complexity index is 444. The summed E-state index contributed by atoms with van der Waals surface area (Å²) >= 11 is 0. The molecule has 0 spiro atoms. The summed E-state index contributed by atoms with van der Waals surface area (Å²) in [5.74, 6) is 0. The first-order chi connectivity index (χ1) is 6.95. The second-order valence-electron chi connectivity index (χ2n) is 3.81. The SMILES string of the molecule is C1=CC2=C(c3ccccc3)CCC2=C1. The lowest BCUT2D eigenvalue weighted by atomic mass is 10.0. The van der Waals surface area contributed by atoms with Crippen LogP contribution in [0.15, 0.2) is 59.7 Å². The van der Waals surface area contributed by atoms with Crippen LogP contribution >= 0.6 is 0 Å². The predicted molar refractivity (Wildman–Crippen MR) is 59.8 cm³/mol. The third-order valence-corrected chi connectivity index (χ3v) is 3.00. The van der Waals surface area contributed by atoms with E-state index in [0.29, 0.717) is 0 Å². The van der Waals surface area contributed by atoms with Gasteiger partial charge in [-0.1, -0.05) is 48.6 Å². The molecular weight excluding hydrogens is 168 g/mol. The maximum atomic E-state index is 2.24. The zero-order chi connectivity index (χ0) is 9.38. The minimum absolute atomic E-state index is 1.20. The molecule has 0 N–H and O–H groups in total. The van der Waals surface area contributed by atoms with Gasteiger partial charge in [0.15, 0.2) is 0 Å². The predicted octanol–water partition coefficient (Wildman–Crippen LogP) is 3.73. The summed E-state index contributed by atoms with van der Waals surface area (Å²) in [5, 5.41) is 0. The van der Waals surface area contributed by atoms with Crippen molar-refractivity contribution in [1.82, 2.24) is 0 Å². The van der Waals surface area contributed by atoms with Crippen LogP contribution in [0.3, 0.4) is 0 Å². The first-order valence-corrected chi connectivity index (χ1v) is 5.11. The molecule has 0 unspecified atom stereocenters. The maximum Gasteiger partial charge on any atom is -0.0186 e. The van der Waals surface area contributed by atoms with Crippen LogP contribution in [0.25, 0.3) is 5.57 Å². The van der Waals surface area contributed by atoms with Gasteiger partial charge in [0.05, 0.1) is 0 Å². The van der Waals surface area contributed by atoms with Crippen molar-refractivity contribution < 1.29 is 0 Å². The summed E-state index contributed by atoms with van der Waals surface area (Å²) in [6.07, 6.45) is 9.06. The molecule has 0 atom stereocenters. The average molecular weight is 180 g/mol. The van der Waals surface area contributed by atoms with Gasteiger partial charge in [0.25, 0.3) is 0 Å². The maximum absolute atomic E-state index is 2.24. The van der Waals surface area contributed by atoms with Gasteiger partial charge in [-0.15, -0.1) is 0 Å². The zero-order valence-corrected chi connectivity index (χ0v) is 8.03. The van der Waals surface area contributed by atoms with Gasteiger partial charge in [0, 0.05) is 0 Å². The molecule has 0 heterocycles. The van der Waals surface area contributed by atoms with Gasteiger partial charge < -0.3 is 0 Å². The van der Waals surface area contributed by atoms with Crippen LogP contribution < -0.4 is 0 Å². The van der Waals surface area contributed by atoms with Crippen molar-refractivity contribution in [2.45, 2.75) is 12.8 Å². The highest BCUT2D eigenvalue weighted by atomic mass is 14.2. The van der Waals surface area contributed by atoms with E-state index in [1.807, 2.05) is 0 Å². The van der Waals surface area contributed by atoms with Crippen LogP contribution in [0.2, 0.25) is 0 Å². The first kappa shape index (κ1) is 7.81. The molecule has 0 saturated heterocycles. The van der Waals surface area contributed by atoms with E-state index in [4.69, 9.17) is 0 Å². The number of fused-ring (bicyclic) bond motifs is 1. The fourth-order valence-corrected chi connectivity index (χ4v) is 2.30. The molecule has 0 aliphatic heterocycles. The normalized spacial score (nSPS) is 18.7. The second kappa shape index (κ2) is 2.98. The van der Waals surface area contributed by atoms with Gasteiger partial charge in [-0.2, -0.15) is 0 Å². The monoisotopic (exact) mass is 180 g/mol. The van der Waals surface area contributed by atoms with Crippen LogP contribution in [0.1, 0.15) is 18.4 Å². The van der Waals surface area contributed by atoms with Crippen LogP contribution in [0.5, 0.6) is 0 Å². The lowest BCUT2D eigenvalue weighted by molar-refractivity contribution is 1.07. The van der Waals surface area contributed by atoms with Gasteiger partial charge in [-0.05, 0) is 35.1 Å². The smallest absolute Gasteiger partial charge is 0.0186 e. The third kappa shape index (κ3) is 1.07. The summed E-state index contributed by atoms with van der Waals surface area (Å²) in [7, 11) is 0. The number of hydrogen-bond acceptors (Lipinski definition) is 0. The van der Waals surface area contributed by atoms with E-state index in [2.05, 4.69) is 48.6 Å². The summed E-state index contributed by atoms with van der Waals surface area (Å²) in [4.78, 5) is 0. The Morgan fingerprint density at radius 3 is 2.64 bits per heavy atom. The molecule has 2 aliphatic rings. The Labute approximate surface area is 84.3 Å². The Morgan fingerprint density at radius 1 is 0.929 bits per heavy atom. The van der Waals surface area contributed by atoms with E-state index in [1.165, 1.54) is 35.1 Å². The number of rotatable bonds is 1. The minimum atomic E-state index is 1.20. The molecule has 0 amide bonds. The number of allylic oxidation sites excluding steroid dienone is 6. The van der Waals surface area contributed by atoms with E-state index in [0.717, 1.165) is 0 Å². The quantitative estimate of drug-likeness (QED) is 0.617. The molecule has 0 bridgehead atoms. The Kier molecular flexibility index (Phi) is 1.66. The molecular formula is C14H12. The van der Waals surface area contributed by atoms with Crippen LogP contribution in [-0.2, 0) is 0 Å². The first-order valence-electron chi connectivity index (χ1n) is 5.11. The van der Waals surface area contributed by atoms with Crippen molar-refractivity contribution in [3.05, 3.63) is 65.3 Å². The van der Waals surface area contributed by atoms with Crippen molar-refractivity contribution in [3.63, 3.8) is 0 Å². The van der Waals surface area contributed by atoms with Crippen molar-refractivity contribution in [3.8, 4) is 0 Å². The summed E-state index contributed by atoms with van der Waals surface area (Å²) in [6, 6.07) is 10.7. The molecule has 0 aromatic heterocycles. The van der Waals surface area contributed by atoms with Gasteiger partial charge >= 0.3 is 0 Å². The Morgan fingerprint density at radius 2 is 1.79 bits per heavy atom. The number of hydrogen-bond donors (Lipinski definition) is 0. The lowest BCUT2D eigenvalue weighted by Gasteiger charge is -2.02. The van der Waals surface area contributed by atoms with Crippen molar-refractivity contribution in [2.75, 3.05) is 0 Å².